The van der Waals surface area contributed by atoms with E-state index in [9.17, 15) is 0 Å². The number of anilines is 1. The number of aliphatic hydroxyl groups excluding tert-OH is 1. The van der Waals surface area contributed by atoms with Gasteiger partial charge in [-0.05, 0) is 6.92 Å². The van der Waals surface area contributed by atoms with Crippen LogP contribution in [0.4, 0.5) is 5.69 Å². The van der Waals surface area contributed by atoms with Crippen LogP contribution in [0.1, 0.15) is 6.92 Å². The zero-order valence-electron chi connectivity index (χ0n) is 7.69. The van der Waals surface area contributed by atoms with Crippen LogP contribution >= 0.6 is 46.4 Å². The van der Waals surface area contributed by atoms with Crippen molar-refractivity contribution in [2.24, 2.45) is 0 Å². The lowest BCUT2D eigenvalue weighted by Gasteiger charge is -2.16. The molecule has 0 aliphatic rings. The summed E-state index contributed by atoms with van der Waals surface area (Å²) in [6.45, 7) is 1.69. The molecule has 0 radical (unpaired) electrons. The second kappa shape index (κ2) is 5.41. The summed E-state index contributed by atoms with van der Waals surface area (Å²) < 4.78 is 0. The SMILES string of the molecule is C[C@@H](CO)Nc1c(Cl)c(Cl)nc(Cl)c1Cl. The number of nitrogens with zero attached hydrogens (tertiary/aromatic N) is 1. The summed E-state index contributed by atoms with van der Waals surface area (Å²) in [7, 11) is 0. The Hall–Kier alpha value is 0.0700. The monoisotopic (exact) mass is 288 g/mol. The Balaban J connectivity index is 3.15. The highest BCUT2D eigenvalue weighted by atomic mass is 35.5. The van der Waals surface area contributed by atoms with E-state index in [4.69, 9.17) is 51.5 Å². The quantitative estimate of drug-likeness (QED) is 0.838. The van der Waals surface area contributed by atoms with Crippen molar-refractivity contribution in [1.82, 2.24) is 4.98 Å². The molecule has 0 spiro atoms. The number of hydrogen-bond donors (Lipinski definition) is 2. The molecule has 0 bridgehead atoms. The fraction of sp³-hybridized carbons (Fsp3) is 0.375. The van der Waals surface area contributed by atoms with Crippen LogP contribution in [-0.4, -0.2) is 22.7 Å². The highest BCUT2D eigenvalue weighted by Gasteiger charge is 2.16. The maximum absolute atomic E-state index is 8.89. The fourth-order valence-corrected chi connectivity index (χ4v) is 1.74. The van der Waals surface area contributed by atoms with Crippen molar-refractivity contribution in [3.8, 4) is 0 Å². The van der Waals surface area contributed by atoms with Crippen molar-refractivity contribution in [1.29, 1.82) is 0 Å². The number of rotatable bonds is 3. The lowest BCUT2D eigenvalue weighted by atomic mass is 10.3. The van der Waals surface area contributed by atoms with Crippen LogP contribution in [0.15, 0.2) is 0 Å². The normalized spacial score (nSPS) is 12.7. The van der Waals surface area contributed by atoms with Gasteiger partial charge in [0.15, 0.2) is 10.3 Å². The highest BCUT2D eigenvalue weighted by Crippen LogP contribution is 2.38. The molecule has 0 aliphatic heterocycles. The molecule has 0 unspecified atom stereocenters. The predicted octanol–water partition coefficient (Wildman–Crippen LogP) is 3.49. The first kappa shape index (κ1) is 13.1. The summed E-state index contributed by atoms with van der Waals surface area (Å²) in [4.78, 5) is 3.73. The molecule has 2 N–H and O–H groups in total. The number of halogens is 4. The third-order valence-electron chi connectivity index (χ3n) is 1.66. The number of hydrogen-bond acceptors (Lipinski definition) is 3. The lowest BCUT2D eigenvalue weighted by Crippen LogP contribution is -2.20. The van der Waals surface area contributed by atoms with Gasteiger partial charge in [-0.2, -0.15) is 0 Å². The minimum atomic E-state index is -0.213. The maximum Gasteiger partial charge on any atom is 0.151 e. The van der Waals surface area contributed by atoms with Crippen LogP contribution in [0.3, 0.4) is 0 Å². The van der Waals surface area contributed by atoms with E-state index >= 15 is 0 Å². The summed E-state index contributed by atoms with van der Waals surface area (Å²) in [6.07, 6.45) is 0. The molecule has 0 aliphatic carbocycles. The lowest BCUT2D eigenvalue weighted by molar-refractivity contribution is 0.281. The third-order valence-corrected chi connectivity index (χ3v) is 3.14. The first-order chi connectivity index (χ1) is 6.97. The van der Waals surface area contributed by atoms with Gasteiger partial charge in [0.05, 0.1) is 12.3 Å². The van der Waals surface area contributed by atoms with Crippen molar-refractivity contribution < 1.29 is 5.11 Å². The minimum Gasteiger partial charge on any atom is -0.394 e. The van der Waals surface area contributed by atoms with Gasteiger partial charge in [0.1, 0.15) is 10.0 Å². The Bertz CT molecular complexity index is 346. The summed E-state index contributed by atoms with van der Waals surface area (Å²) in [5.41, 5.74) is 0.380. The summed E-state index contributed by atoms with van der Waals surface area (Å²) in [5, 5.41) is 12.3. The largest absolute Gasteiger partial charge is 0.394 e. The third kappa shape index (κ3) is 3.02. The van der Waals surface area contributed by atoms with E-state index in [1.165, 1.54) is 0 Å². The summed E-state index contributed by atoms with van der Waals surface area (Å²) in [6, 6.07) is -0.213. The molecule has 15 heavy (non-hydrogen) atoms. The van der Waals surface area contributed by atoms with Gasteiger partial charge in [-0.25, -0.2) is 4.98 Å². The van der Waals surface area contributed by atoms with E-state index in [0.29, 0.717) is 5.69 Å². The Labute approximate surface area is 107 Å². The Morgan fingerprint density at radius 3 is 2.07 bits per heavy atom. The molecule has 84 valence electrons. The fourth-order valence-electron chi connectivity index (χ4n) is 0.906. The van der Waals surface area contributed by atoms with Crippen molar-refractivity contribution in [3.63, 3.8) is 0 Å². The Kier molecular flexibility index (Phi) is 4.74. The van der Waals surface area contributed by atoms with Crippen molar-refractivity contribution >= 4 is 52.1 Å². The predicted molar refractivity (Wildman–Crippen MR) is 64.4 cm³/mol. The molecule has 0 amide bonds. The average molecular weight is 290 g/mol. The van der Waals surface area contributed by atoms with Crippen molar-refractivity contribution in [2.75, 3.05) is 11.9 Å². The average Bonchev–Trinajstić information content (AvgIpc) is 2.21. The Morgan fingerprint density at radius 2 is 1.67 bits per heavy atom. The zero-order valence-corrected chi connectivity index (χ0v) is 10.7. The summed E-state index contributed by atoms with van der Waals surface area (Å²) >= 11 is 23.2. The van der Waals surface area contributed by atoms with Gasteiger partial charge in [0.25, 0.3) is 0 Å². The zero-order chi connectivity index (χ0) is 11.6. The molecule has 1 aromatic heterocycles. The molecule has 1 atom stereocenters. The molecule has 1 aromatic rings. The van der Waals surface area contributed by atoms with Crippen LogP contribution in [0.5, 0.6) is 0 Å². The van der Waals surface area contributed by atoms with Gasteiger partial charge < -0.3 is 10.4 Å². The van der Waals surface area contributed by atoms with Gasteiger partial charge >= 0.3 is 0 Å². The Morgan fingerprint density at radius 1 is 1.20 bits per heavy atom. The standard InChI is InChI=1S/C8H8Cl4N2O/c1-3(2-15)13-6-4(9)7(11)14-8(12)5(6)10/h3,15H,2H2,1H3,(H,13,14)/t3-/m0/s1. The van der Waals surface area contributed by atoms with Gasteiger partial charge in [0, 0.05) is 6.04 Å². The second-order valence-corrected chi connectivity index (χ2v) is 4.40. The highest BCUT2D eigenvalue weighted by molar-refractivity contribution is 6.48. The van der Waals surface area contributed by atoms with E-state index in [1.807, 2.05) is 0 Å². The van der Waals surface area contributed by atoms with Crippen LogP contribution < -0.4 is 5.32 Å². The van der Waals surface area contributed by atoms with E-state index < -0.39 is 0 Å². The van der Waals surface area contributed by atoms with Crippen molar-refractivity contribution in [2.45, 2.75) is 13.0 Å². The smallest absolute Gasteiger partial charge is 0.151 e. The van der Waals surface area contributed by atoms with Crippen LogP contribution in [-0.2, 0) is 0 Å². The van der Waals surface area contributed by atoms with E-state index in [2.05, 4.69) is 10.3 Å². The van der Waals surface area contributed by atoms with Gasteiger partial charge in [-0.15, -0.1) is 0 Å². The molecular formula is C8H8Cl4N2O. The maximum atomic E-state index is 8.89. The molecule has 0 saturated heterocycles. The van der Waals surface area contributed by atoms with Gasteiger partial charge in [0.2, 0.25) is 0 Å². The van der Waals surface area contributed by atoms with Crippen LogP contribution in [0, 0.1) is 0 Å². The van der Waals surface area contributed by atoms with Crippen LogP contribution in [0.2, 0.25) is 20.4 Å². The van der Waals surface area contributed by atoms with Gasteiger partial charge in [-0.1, -0.05) is 46.4 Å². The molecule has 0 saturated carbocycles. The van der Waals surface area contributed by atoms with E-state index in [0.717, 1.165) is 0 Å². The number of nitrogens with one attached hydrogen (secondary N) is 1. The topological polar surface area (TPSA) is 45.1 Å². The molecule has 7 heteroatoms. The van der Waals surface area contributed by atoms with E-state index in [-0.39, 0.29) is 33.0 Å². The molecule has 0 fully saturated rings. The van der Waals surface area contributed by atoms with Crippen LogP contribution in [0.25, 0.3) is 0 Å². The number of aliphatic hydroxyl groups is 1. The number of aromatic nitrogens is 1. The molecule has 1 rings (SSSR count). The van der Waals surface area contributed by atoms with Crippen molar-refractivity contribution in [3.05, 3.63) is 20.4 Å². The molecule has 1 heterocycles. The first-order valence-corrected chi connectivity index (χ1v) is 5.56. The second-order valence-electron chi connectivity index (χ2n) is 2.92. The molecule has 3 nitrogen and oxygen atoms in total. The van der Waals surface area contributed by atoms with E-state index in [1.54, 1.807) is 6.92 Å². The molecule has 0 aromatic carbocycles. The minimum absolute atomic E-state index is 0.0653. The number of pyridine rings is 1. The summed E-state index contributed by atoms with van der Waals surface area (Å²) in [5.74, 6) is 0. The first-order valence-electron chi connectivity index (χ1n) is 4.04. The molecular weight excluding hydrogens is 282 g/mol. The van der Waals surface area contributed by atoms with Gasteiger partial charge in [-0.3, -0.25) is 0 Å².